The molecule has 0 spiro atoms. The van der Waals surface area contributed by atoms with Crippen molar-refractivity contribution >= 4 is 23.4 Å². The molecule has 0 aliphatic rings. The standard InChI is InChI=1S/C23H26N4O3/c1-4-17-7-5-6-8-19(17)24-21(28)14-27(3)15-22(29)25-23-13-20(26-30-23)18-11-9-16(2)10-12-18/h5-13H,4,14-15H2,1-3H3,(H,24,28)(H,25,29)/p+1. The van der Waals surface area contributed by atoms with Gasteiger partial charge in [0.15, 0.2) is 13.1 Å². The lowest BCUT2D eigenvalue weighted by molar-refractivity contribution is -0.862. The summed E-state index contributed by atoms with van der Waals surface area (Å²) < 4.78 is 5.22. The third-order valence-corrected chi connectivity index (χ3v) is 4.72. The Morgan fingerprint density at radius 1 is 1.00 bits per heavy atom. The summed E-state index contributed by atoms with van der Waals surface area (Å²) >= 11 is 0. The number of aryl methyl sites for hydroxylation is 2. The highest BCUT2D eigenvalue weighted by atomic mass is 16.5. The van der Waals surface area contributed by atoms with Crippen molar-refractivity contribution in [1.29, 1.82) is 0 Å². The molecule has 3 N–H and O–H groups in total. The van der Waals surface area contributed by atoms with Crippen molar-refractivity contribution in [2.45, 2.75) is 20.3 Å². The first-order chi connectivity index (χ1) is 14.4. The average molecular weight is 407 g/mol. The topological polar surface area (TPSA) is 88.7 Å². The van der Waals surface area contributed by atoms with Crippen LogP contribution < -0.4 is 15.5 Å². The maximum Gasteiger partial charge on any atom is 0.281 e. The van der Waals surface area contributed by atoms with Crippen LogP contribution in [0, 0.1) is 6.92 Å². The molecule has 0 saturated heterocycles. The summed E-state index contributed by atoms with van der Waals surface area (Å²) in [7, 11) is 1.79. The van der Waals surface area contributed by atoms with Crippen molar-refractivity contribution < 1.29 is 19.0 Å². The molecule has 3 aromatic rings. The predicted molar refractivity (Wildman–Crippen MR) is 116 cm³/mol. The summed E-state index contributed by atoms with van der Waals surface area (Å²) in [6, 6.07) is 17.3. The summed E-state index contributed by atoms with van der Waals surface area (Å²) in [4.78, 5) is 25.4. The van der Waals surface area contributed by atoms with Crippen molar-refractivity contribution in [1.82, 2.24) is 5.16 Å². The lowest BCUT2D eigenvalue weighted by atomic mass is 10.1. The van der Waals surface area contributed by atoms with Crippen LogP contribution in [0.25, 0.3) is 11.3 Å². The fraction of sp³-hybridized carbons (Fsp3) is 0.261. The summed E-state index contributed by atoms with van der Waals surface area (Å²) in [6.07, 6.45) is 0.837. The van der Waals surface area contributed by atoms with Crippen LogP contribution in [0.4, 0.5) is 11.6 Å². The zero-order valence-electron chi connectivity index (χ0n) is 17.5. The Hall–Kier alpha value is -3.45. The van der Waals surface area contributed by atoms with E-state index in [0.29, 0.717) is 5.69 Å². The van der Waals surface area contributed by atoms with E-state index >= 15 is 0 Å². The van der Waals surface area contributed by atoms with Crippen molar-refractivity contribution in [3.05, 3.63) is 65.7 Å². The van der Waals surface area contributed by atoms with Gasteiger partial charge in [-0.05, 0) is 25.0 Å². The first kappa shape index (κ1) is 21.3. The van der Waals surface area contributed by atoms with Crippen LogP contribution in [0.2, 0.25) is 0 Å². The second-order valence-electron chi connectivity index (χ2n) is 7.36. The minimum absolute atomic E-state index is 0.128. The van der Waals surface area contributed by atoms with E-state index in [-0.39, 0.29) is 30.8 Å². The van der Waals surface area contributed by atoms with Gasteiger partial charge in [-0.1, -0.05) is 60.1 Å². The largest absolute Gasteiger partial charge is 0.338 e. The van der Waals surface area contributed by atoms with Gasteiger partial charge in [-0.25, -0.2) is 0 Å². The van der Waals surface area contributed by atoms with Gasteiger partial charge in [0.1, 0.15) is 5.69 Å². The second kappa shape index (κ2) is 9.84. The van der Waals surface area contributed by atoms with E-state index in [1.807, 2.05) is 62.4 Å². The van der Waals surface area contributed by atoms with Crippen molar-refractivity contribution in [3.8, 4) is 11.3 Å². The molecule has 1 atom stereocenters. The number of para-hydroxylation sites is 1. The lowest BCUT2D eigenvalue weighted by Crippen LogP contribution is -3.11. The smallest absolute Gasteiger partial charge is 0.281 e. The fourth-order valence-electron chi connectivity index (χ4n) is 3.13. The summed E-state index contributed by atoms with van der Waals surface area (Å²) in [6.45, 7) is 4.36. The second-order valence-corrected chi connectivity index (χ2v) is 7.36. The minimum atomic E-state index is -0.249. The number of nitrogens with one attached hydrogen (secondary N) is 3. The number of carbonyl (C=O) groups excluding carboxylic acids is 2. The highest BCUT2D eigenvalue weighted by Crippen LogP contribution is 2.21. The van der Waals surface area contributed by atoms with Crippen LogP contribution in [-0.2, 0) is 16.0 Å². The Kier molecular flexibility index (Phi) is 6.98. The van der Waals surface area contributed by atoms with Gasteiger partial charge in [-0.3, -0.25) is 14.9 Å². The molecule has 0 radical (unpaired) electrons. The molecule has 156 valence electrons. The maximum absolute atomic E-state index is 12.3. The Morgan fingerprint density at radius 3 is 2.37 bits per heavy atom. The molecule has 30 heavy (non-hydrogen) atoms. The van der Waals surface area contributed by atoms with E-state index in [1.54, 1.807) is 13.1 Å². The number of rotatable bonds is 8. The normalized spacial score (nSPS) is 11.7. The molecular formula is C23H27N4O3+. The highest BCUT2D eigenvalue weighted by Gasteiger charge is 2.17. The zero-order chi connectivity index (χ0) is 21.5. The van der Waals surface area contributed by atoms with Gasteiger partial charge in [0, 0.05) is 17.3 Å². The van der Waals surface area contributed by atoms with Crippen molar-refractivity contribution in [3.63, 3.8) is 0 Å². The molecule has 0 saturated carbocycles. The van der Waals surface area contributed by atoms with Crippen LogP contribution in [0.3, 0.4) is 0 Å². The first-order valence-corrected chi connectivity index (χ1v) is 9.97. The molecule has 1 aromatic heterocycles. The SMILES string of the molecule is CCc1ccccc1NC(=O)C[NH+](C)CC(=O)Nc1cc(-c2ccc(C)cc2)no1. The number of benzene rings is 2. The minimum Gasteiger partial charge on any atom is -0.338 e. The monoisotopic (exact) mass is 407 g/mol. The number of likely N-dealkylation sites (N-methyl/N-ethyl adjacent to an activating group) is 1. The predicted octanol–water partition coefficient (Wildman–Crippen LogP) is 2.30. The van der Waals surface area contributed by atoms with E-state index in [1.165, 1.54) is 0 Å². The molecule has 0 bridgehead atoms. The van der Waals surface area contributed by atoms with Crippen LogP contribution in [-0.4, -0.2) is 37.1 Å². The van der Waals surface area contributed by atoms with Crippen LogP contribution in [0.5, 0.6) is 0 Å². The van der Waals surface area contributed by atoms with Gasteiger partial charge in [0.2, 0.25) is 5.88 Å². The number of aromatic nitrogens is 1. The summed E-state index contributed by atoms with van der Waals surface area (Å²) in [5.41, 5.74) is 4.61. The number of hydrogen-bond acceptors (Lipinski definition) is 4. The zero-order valence-corrected chi connectivity index (χ0v) is 17.5. The Morgan fingerprint density at radius 2 is 1.67 bits per heavy atom. The Balaban J connectivity index is 1.50. The van der Waals surface area contributed by atoms with E-state index in [9.17, 15) is 9.59 Å². The molecule has 1 heterocycles. The molecule has 7 heteroatoms. The highest BCUT2D eigenvalue weighted by molar-refractivity contribution is 5.93. The molecular weight excluding hydrogens is 380 g/mol. The number of quaternary nitrogens is 1. The number of anilines is 2. The van der Waals surface area contributed by atoms with Gasteiger partial charge in [-0.15, -0.1) is 0 Å². The van der Waals surface area contributed by atoms with E-state index in [4.69, 9.17) is 4.52 Å². The first-order valence-electron chi connectivity index (χ1n) is 9.97. The quantitative estimate of drug-likeness (QED) is 0.535. The lowest BCUT2D eigenvalue weighted by Gasteiger charge is -2.14. The average Bonchev–Trinajstić information content (AvgIpc) is 3.16. The Labute approximate surface area is 176 Å². The summed E-state index contributed by atoms with van der Waals surface area (Å²) in [5, 5.41) is 9.61. The molecule has 0 aliphatic carbocycles. The van der Waals surface area contributed by atoms with Crippen molar-refractivity contribution in [2.75, 3.05) is 30.8 Å². The number of carbonyl (C=O) groups is 2. The number of hydrogen-bond donors (Lipinski definition) is 3. The molecule has 7 nitrogen and oxygen atoms in total. The van der Waals surface area contributed by atoms with Gasteiger partial charge in [0.05, 0.1) is 7.05 Å². The van der Waals surface area contributed by atoms with Crippen LogP contribution in [0.1, 0.15) is 18.1 Å². The third kappa shape index (κ3) is 5.78. The van der Waals surface area contributed by atoms with Crippen LogP contribution in [0.15, 0.2) is 59.1 Å². The van der Waals surface area contributed by atoms with Gasteiger partial charge in [0.25, 0.3) is 11.8 Å². The van der Waals surface area contributed by atoms with Crippen molar-refractivity contribution in [2.24, 2.45) is 0 Å². The van der Waals surface area contributed by atoms with E-state index in [2.05, 4.69) is 15.8 Å². The number of nitrogens with zero attached hydrogens (tertiary/aromatic N) is 1. The molecule has 0 aliphatic heterocycles. The molecule has 3 rings (SSSR count). The van der Waals surface area contributed by atoms with Crippen LogP contribution >= 0.6 is 0 Å². The maximum atomic E-state index is 12.3. The summed E-state index contributed by atoms with van der Waals surface area (Å²) in [5.74, 6) is -0.104. The molecule has 1 unspecified atom stereocenters. The molecule has 2 amide bonds. The van der Waals surface area contributed by atoms with Gasteiger partial charge >= 0.3 is 0 Å². The van der Waals surface area contributed by atoms with E-state index < -0.39 is 0 Å². The number of amides is 2. The van der Waals surface area contributed by atoms with Gasteiger partial charge in [-0.2, -0.15) is 0 Å². The third-order valence-electron chi connectivity index (χ3n) is 4.72. The Bertz CT molecular complexity index is 1010. The molecule has 0 fully saturated rings. The van der Waals surface area contributed by atoms with E-state index in [0.717, 1.165) is 33.7 Å². The van der Waals surface area contributed by atoms with Gasteiger partial charge < -0.3 is 14.7 Å². The fourth-order valence-corrected chi connectivity index (χ4v) is 3.13. The molecule has 2 aromatic carbocycles.